The fraction of sp³-hybridized carbons (Fsp3) is 0.111. The molecule has 0 aliphatic heterocycles. The van der Waals surface area contributed by atoms with Crippen molar-refractivity contribution in [1.29, 1.82) is 0 Å². The summed E-state index contributed by atoms with van der Waals surface area (Å²) in [7, 11) is 0. The minimum atomic E-state index is -0.398. The standard InChI is InChI=1S/2C54H42N2/c1-4-36(3)37-23-31-53-47(33-37)46-32-35(2)22-30-52(46)56(53)40-26-24-39(25-27-40)55(38-14-6-5-7-15-38)41-28-29-45-44-18-10-13-21-50(44)54(51(45)34-41)48-19-11-8-16-42(48)43-17-9-12-20-49(43)54;1-3-4-14-37-24-32-53-47(34-37)46-33-36(2)23-31-52(46)56(53)40-27-25-39(26-28-40)55(38-15-6-5-7-16-38)41-29-30-45-44-19-10-13-22-50(44)54(51(45)35-41)48-20-11-8-17-42(48)43-18-9-12-21-49(43)54/h5-34,36H,4H2,1-3H3;5-13,15-35H,3-4,14H2,1-2H3. The fourth-order valence-electron chi connectivity index (χ4n) is 20.0. The zero-order valence-electron chi connectivity index (χ0n) is 63.8. The Morgan fingerprint density at radius 2 is 0.589 bits per heavy atom. The monoisotopic (exact) mass is 1440 g/mol. The van der Waals surface area contributed by atoms with Gasteiger partial charge in [0.1, 0.15) is 0 Å². The average Bonchev–Trinajstić information content (AvgIpc) is 1.51. The van der Waals surface area contributed by atoms with Crippen LogP contribution in [0, 0.1) is 13.8 Å². The minimum absolute atomic E-state index is 0.396. The van der Waals surface area contributed by atoms with Gasteiger partial charge in [0.25, 0.3) is 0 Å². The summed E-state index contributed by atoms with van der Waals surface area (Å²) in [5.74, 6) is 0.521. The summed E-state index contributed by atoms with van der Waals surface area (Å²) in [5, 5.41) is 5.27. The summed E-state index contributed by atoms with van der Waals surface area (Å²) in [6, 6.07) is 136. The highest BCUT2D eigenvalue weighted by Crippen LogP contribution is 2.65. The Morgan fingerprint density at radius 3 is 0.964 bits per heavy atom. The van der Waals surface area contributed by atoms with Crippen LogP contribution >= 0.6 is 0 Å². The Balaban J connectivity index is 0.000000141. The van der Waals surface area contributed by atoms with Crippen LogP contribution in [0.5, 0.6) is 0 Å². The van der Waals surface area contributed by atoms with Crippen LogP contribution in [0.1, 0.15) is 113 Å². The van der Waals surface area contributed by atoms with Gasteiger partial charge in [-0.1, -0.05) is 257 Å². The van der Waals surface area contributed by atoms with Gasteiger partial charge in [-0.3, -0.25) is 0 Å². The van der Waals surface area contributed by atoms with Crippen LogP contribution in [-0.2, 0) is 17.3 Å². The van der Waals surface area contributed by atoms with Crippen LogP contribution in [0.15, 0.2) is 364 Å². The molecule has 16 aromatic carbocycles. The van der Waals surface area contributed by atoms with Crippen molar-refractivity contribution in [3.05, 3.63) is 431 Å². The van der Waals surface area contributed by atoms with Gasteiger partial charge < -0.3 is 18.9 Å². The van der Waals surface area contributed by atoms with E-state index in [-0.39, 0.29) is 0 Å². The molecule has 0 bridgehead atoms. The number of hydrogen-bond donors (Lipinski definition) is 0. The van der Waals surface area contributed by atoms with Gasteiger partial charge in [0, 0.05) is 67.0 Å². The first-order valence-electron chi connectivity index (χ1n) is 40.1. The molecule has 112 heavy (non-hydrogen) atoms. The van der Waals surface area contributed by atoms with Gasteiger partial charge in [-0.2, -0.15) is 0 Å². The maximum absolute atomic E-state index is 2.47. The maximum atomic E-state index is 2.47. The van der Waals surface area contributed by atoms with Crippen molar-refractivity contribution in [3.8, 4) is 55.9 Å². The predicted molar refractivity (Wildman–Crippen MR) is 470 cm³/mol. The molecular formula is C108H84N4. The van der Waals surface area contributed by atoms with E-state index in [4.69, 9.17) is 0 Å². The predicted octanol–water partition coefficient (Wildman–Crippen LogP) is 28.7. The number of rotatable bonds is 13. The third-order valence-electron chi connectivity index (χ3n) is 25.2. The lowest BCUT2D eigenvalue weighted by Crippen LogP contribution is -2.26. The Bertz CT molecular complexity index is 6640. The van der Waals surface area contributed by atoms with E-state index in [9.17, 15) is 0 Å². The van der Waals surface area contributed by atoms with Crippen LogP contribution in [0.4, 0.5) is 34.1 Å². The molecule has 0 N–H and O–H groups in total. The van der Waals surface area contributed by atoms with Gasteiger partial charge in [-0.25, -0.2) is 0 Å². The third-order valence-corrected chi connectivity index (χ3v) is 25.2. The van der Waals surface area contributed by atoms with E-state index in [1.54, 1.807) is 0 Å². The molecule has 536 valence electrons. The van der Waals surface area contributed by atoms with Crippen LogP contribution in [0.25, 0.3) is 99.5 Å². The molecule has 1 unspecified atom stereocenters. The van der Waals surface area contributed by atoms with Gasteiger partial charge in [-0.05, 0) is 285 Å². The molecule has 2 heterocycles. The molecule has 0 fully saturated rings. The molecule has 4 heteroatoms. The van der Waals surface area contributed by atoms with Crippen molar-refractivity contribution in [1.82, 2.24) is 9.13 Å². The lowest BCUT2D eigenvalue weighted by Gasteiger charge is -2.32. The normalized spacial score (nSPS) is 13.5. The van der Waals surface area contributed by atoms with Crippen LogP contribution < -0.4 is 9.80 Å². The summed E-state index contributed by atoms with van der Waals surface area (Å²) in [6.45, 7) is 11.3. The first kappa shape index (κ1) is 66.9. The number of hydrogen-bond acceptors (Lipinski definition) is 2. The molecule has 4 aliphatic rings. The van der Waals surface area contributed by atoms with E-state index in [0.717, 1.165) is 58.3 Å². The number of nitrogens with zero attached hydrogens (tertiary/aromatic N) is 4. The van der Waals surface area contributed by atoms with Gasteiger partial charge >= 0.3 is 0 Å². The number of aromatic nitrogens is 2. The smallest absolute Gasteiger partial charge is 0.0726 e. The van der Waals surface area contributed by atoms with Gasteiger partial charge in [0.05, 0.1) is 32.9 Å². The molecule has 22 rings (SSSR count). The zero-order valence-corrected chi connectivity index (χ0v) is 63.8. The second-order valence-electron chi connectivity index (χ2n) is 31.4. The highest BCUT2D eigenvalue weighted by Gasteiger charge is 2.53. The van der Waals surface area contributed by atoms with E-state index in [1.807, 2.05) is 0 Å². The number of anilines is 6. The second-order valence-corrected chi connectivity index (χ2v) is 31.4. The SMILES string of the molecule is CCC(C)c1ccc2c(c1)c1cc(C)ccc1n2-c1ccc(N(c2ccccc2)c2ccc3c(c2)C2(c4ccccc4-c4ccccc42)c2ccccc2-3)cc1.CCCCc1ccc2c(c1)c1cc(C)ccc1n2-c1ccc(N(c2ccccc2)c2ccc3c(c2)C2(c4ccccc4-c4ccccc42)c2ccccc2-3)cc1. The van der Waals surface area contributed by atoms with Gasteiger partial charge in [-0.15, -0.1) is 0 Å². The van der Waals surface area contributed by atoms with E-state index < -0.39 is 10.8 Å². The van der Waals surface area contributed by atoms with Crippen molar-refractivity contribution in [2.24, 2.45) is 0 Å². The maximum Gasteiger partial charge on any atom is 0.0726 e. The Labute approximate surface area is 656 Å². The number of unbranched alkanes of at least 4 members (excludes halogenated alkanes) is 1. The summed E-state index contributed by atoms with van der Waals surface area (Å²) in [5.41, 5.74) is 40.0. The molecular weight excluding hydrogens is 1350 g/mol. The highest BCUT2D eigenvalue weighted by atomic mass is 15.2. The van der Waals surface area contributed by atoms with Crippen molar-refractivity contribution in [2.75, 3.05) is 9.80 Å². The number of benzene rings is 16. The van der Waals surface area contributed by atoms with E-state index in [1.165, 1.54) is 168 Å². The lowest BCUT2D eigenvalue weighted by atomic mass is 9.70. The molecule has 2 aromatic heterocycles. The largest absolute Gasteiger partial charge is 0.310 e. The first-order valence-corrected chi connectivity index (χ1v) is 40.1. The minimum Gasteiger partial charge on any atom is -0.310 e. The van der Waals surface area contributed by atoms with Gasteiger partial charge in [0.2, 0.25) is 0 Å². The Hall–Kier alpha value is -13.3. The summed E-state index contributed by atoms with van der Waals surface area (Å²) >= 11 is 0. The summed E-state index contributed by atoms with van der Waals surface area (Å²) in [6.07, 6.45) is 4.65. The molecule has 1 atom stereocenters. The molecule has 0 radical (unpaired) electrons. The molecule has 0 amide bonds. The second kappa shape index (κ2) is 26.5. The lowest BCUT2D eigenvalue weighted by molar-refractivity contribution is 0.735. The molecule has 4 nitrogen and oxygen atoms in total. The summed E-state index contributed by atoms with van der Waals surface area (Å²) < 4.78 is 4.88. The van der Waals surface area contributed by atoms with Crippen LogP contribution in [-0.4, -0.2) is 9.13 Å². The Kier molecular flexibility index (Phi) is 15.8. The topological polar surface area (TPSA) is 16.3 Å². The Morgan fingerprint density at radius 1 is 0.277 bits per heavy atom. The number of aryl methyl sites for hydroxylation is 3. The van der Waals surface area contributed by atoms with Crippen molar-refractivity contribution in [2.45, 2.75) is 77.0 Å². The summed E-state index contributed by atoms with van der Waals surface area (Å²) in [4.78, 5) is 4.84. The first-order chi connectivity index (χ1) is 55.2. The van der Waals surface area contributed by atoms with Crippen molar-refractivity contribution in [3.63, 3.8) is 0 Å². The van der Waals surface area contributed by atoms with Crippen LogP contribution in [0.2, 0.25) is 0 Å². The third kappa shape index (κ3) is 10.1. The average molecular weight is 1440 g/mol. The molecule has 0 saturated heterocycles. The molecule has 4 aliphatic carbocycles. The van der Waals surface area contributed by atoms with E-state index >= 15 is 0 Å². The zero-order chi connectivity index (χ0) is 74.9. The van der Waals surface area contributed by atoms with E-state index in [0.29, 0.717) is 5.92 Å². The van der Waals surface area contributed by atoms with Crippen molar-refractivity contribution < 1.29 is 0 Å². The molecule has 2 spiro atoms. The van der Waals surface area contributed by atoms with E-state index in [2.05, 4.69) is 418 Å². The van der Waals surface area contributed by atoms with Gasteiger partial charge in [0.15, 0.2) is 0 Å². The highest BCUT2D eigenvalue weighted by molar-refractivity contribution is 6.11. The molecule has 18 aromatic rings. The quantitative estimate of drug-likeness (QED) is 0.114. The fourth-order valence-corrected chi connectivity index (χ4v) is 20.0. The number of fused-ring (bicyclic) bond motifs is 26. The number of para-hydroxylation sites is 2. The molecule has 0 saturated carbocycles. The van der Waals surface area contributed by atoms with Crippen LogP contribution in [0.3, 0.4) is 0 Å². The van der Waals surface area contributed by atoms with Crippen molar-refractivity contribution >= 4 is 77.7 Å².